The smallest absolute Gasteiger partial charge is 0.489 e. The molecule has 1 aromatic heterocycles. The van der Waals surface area contributed by atoms with Gasteiger partial charge in [0.25, 0.3) is 0 Å². The summed E-state index contributed by atoms with van der Waals surface area (Å²) in [5, 5.41) is 8.21. The number of piperidine rings is 1. The number of alkyl halides is 3. The number of carboxylic acids is 1. The highest BCUT2D eigenvalue weighted by molar-refractivity contribution is 5.87. The predicted octanol–water partition coefficient (Wildman–Crippen LogP) is 3.17. The van der Waals surface area contributed by atoms with Crippen LogP contribution in [0.4, 0.5) is 18.9 Å². The summed E-state index contributed by atoms with van der Waals surface area (Å²) in [4.78, 5) is 38.9. The Hall–Kier alpha value is -4.35. The van der Waals surface area contributed by atoms with Crippen molar-refractivity contribution in [1.29, 1.82) is 0 Å². The van der Waals surface area contributed by atoms with Crippen molar-refractivity contribution in [3.63, 3.8) is 0 Å². The number of benzene rings is 2. The van der Waals surface area contributed by atoms with Gasteiger partial charge in [0.1, 0.15) is 12.4 Å². The van der Waals surface area contributed by atoms with E-state index in [4.69, 9.17) is 26.1 Å². The summed E-state index contributed by atoms with van der Waals surface area (Å²) in [5.74, 6) is -4.05. The number of amides is 2. The van der Waals surface area contributed by atoms with E-state index in [0.29, 0.717) is 26.1 Å². The number of ether oxygens (including phenoxy) is 1. The maximum Gasteiger partial charge on any atom is 0.490 e. The zero-order valence-corrected chi connectivity index (χ0v) is 20.4. The van der Waals surface area contributed by atoms with E-state index in [9.17, 15) is 22.8 Å². The van der Waals surface area contributed by atoms with Gasteiger partial charge >= 0.3 is 12.1 Å². The predicted molar refractivity (Wildman–Crippen MR) is 133 cm³/mol. The monoisotopic (exact) mass is 532 g/mol. The van der Waals surface area contributed by atoms with Crippen LogP contribution in [0.15, 0.2) is 54.6 Å². The van der Waals surface area contributed by atoms with Crippen molar-refractivity contribution in [3.8, 4) is 5.75 Å². The third-order valence-electron chi connectivity index (χ3n) is 6.11. The minimum absolute atomic E-state index is 0.380. The first-order valence-corrected chi connectivity index (χ1v) is 11.6. The molecule has 0 saturated carbocycles. The molecule has 12 heteroatoms. The van der Waals surface area contributed by atoms with Crippen molar-refractivity contribution < 1.29 is 37.4 Å². The second kappa shape index (κ2) is 11.8. The summed E-state index contributed by atoms with van der Waals surface area (Å²) >= 11 is 0. The number of halogens is 3. The highest BCUT2D eigenvalue weighted by atomic mass is 19.4. The molecule has 1 fully saturated rings. The first kappa shape index (κ1) is 28.2. The lowest BCUT2D eigenvalue weighted by atomic mass is 9.84. The molecule has 2 atom stereocenters. The maximum atomic E-state index is 11.8. The molecule has 1 aliphatic rings. The number of hydrogen-bond donors (Lipinski definition) is 3. The van der Waals surface area contributed by atoms with Crippen LogP contribution >= 0.6 is 0 Å². The van der Waals surface area contributed by atoms with Gasteiger partial charge in [0.15, 0.2) is 0 Å². The van der Waals surface area contributed by atoms with Gasteiger partial charge in [-0.3, -0.25) is 14.6 Å². The van der Waals surface area contributed by atoms with Crippen LogP contribution in [0.25, 0.3) is 10.9 Å². The largest absolute Gasteiger partial charge is 0.490 e. The summed E-state index contributed by atoms with van der Waals surface area (Å²) in [5.41, 5.74) is 14.9. The summed E-state index contributed by atoms with van der Waals surface area (Å²) in [6.45, 7) is 3.44. The zero-order chi connectivity index (χ0) is 28.0. The molecule has 0 bridgehead atoms. The number of rotatable bonds is 6. The van der Waals surface area contributed by atoms with Crippen LogP contribution in [0.1, 0.15) is 17.7 Å². The number of anilines is 1. The fourth-order valence-corrected chi connectivity index (χ4v) is 4.24. The number of hydrogen-bond acceptors (Lipinski definition) is 6. The number of aryl methyl sites for hydroxylation is 1. The fraction of sp³-hybridized carbons (Fsp3) is 0.308. The quantitative estimate of drug-likeness (QED) is 0.442. The molecule has 1 aliphatic heterocycles. The van der Waals surface area contributed by atoms with E-state index in [1.807, 2.05) is 55.5 Å². The molecule has 2 unspecified atom stereocenters. The minimum atomic E-state index is -5.08. The fourth-order valence-electron chi connectivity index (χ4n) is 4.24. The minimum Gasteiger partial charge on any atom is -0.489 e. The number of carbonyl (C=O) groups excluding carboxylic acids is 2. The van der Waals surface area contributed by atoms with Gasteiger partial charge in [-0.05, 0) is 49.7 Å². The van der Waals surface area contributed by atoms with E-state index in [1.165, 1.54) is 0 Å². The number of primary amides is 2. The Balaban J connectivity index is 0.000000505. The lowest BCUT2D eigenvalue weighted by molar-refractivity contribution is -0.192. The summed E-state index contributed by atoms with van der Waals surface area (Å²) in [7, 11) is 0. The molecule has 2 heterocycles. The second-order valence-corrected chi connectivity index (χ2v) is 8.78. The number of para-hydroxylation sites is 1. The van der Waals surface area contributed by atoms with Crippen LogP contribution < -0.4 is 21.1 Å². The Morgan fingerprint density at radius 2 is 1.66 bits per heavy atom. The summed E-state index contributed by atoms with van der Waals surface area (Å²) < 4.78 is 37.8. The molecule has 0 spiro atoms. The van der Waals surface area contributed by atoms with E-state index < -0.39 is 35.8 Å². The van der Waals surface area contributed by atoms with Gasteiger partial charge in [0, 0.05) is 35.4 Å². The highest BCUT2D eigenvalue weighted by Crippen LogP contribution is 2.29. The molecule has 2 aromatic carbocycles. The third-order valence-corrected chi connectivity index (χ3v) is 6.11. The van der Waals surface area contributed by atoms with Crippen LogP contribution in [-0.2, 0) is 21.0 Å². The molecule has 38 heavy (non-hydrogen) atoms. The Morgan fingerprint density at radius 1 is 1.05 bits per heavy atom. The number of aromatic nitrogens is 1. The Labute approximate surface area is 216 Å². The number of aliphatic carboxylic acids is 1. The Kier molecular flexibility index (Phi) is 8.76. The summed E-state index contributed by atoms with van der Waals surface area (Å²) in [6, 6.07) is 17.8. The number of nitrogens with zero attached hydrogens (tertiary/aromatic N) is 2. The normalized spacial score (nSPS) is 17.3. The van der Waals surface area contributed by atoms with Crippen LogP contribution in [0.2, 0.25) is 0 Å². The standard InChI is InChI=1S/C24H26N4O3.C2HF3O2/c1-15-12-16(19-4-2-3-5-22(19)27-15)14-31-18-8-6-17(7-9-18)28-11-10-20(23(25)29)21(13-28)24(26)30;3-2(4,5)1(6)7/h2-9,12,20-21H,10-11,13-14H2,1H3,(H2,25,29)(H2,26,30);(H,6,7). The van der Waals surface area contributed by atoms with Crippen molar-refractivity contribution >= 4 is 34.4 Å². The van der Waals surface area contributed by atoms with Gasteiger partial charge in [-0.1, -0.05) is 18.2 Å². The number of fused-ring (bicyclic) bond motifs is 1. The molecular weight excluding hydrogens is 505 g/mol. The van der Waals surface area contributed by atoms with Crippen LogP contribution in [0, 0.1) is 18.8 Å². The molecule has 202 valence electrons. The SMILES string of the molecule is Cc1cc(COc2ccc(N3CCC(C(N)=O)C(C(N)=O)C3)cc2)c2ccccc2n1.O=C(O)C(F)(F)F. The molecule has 1 saturated heterocycles. The summed E-state index contributed by atoms with van der Waals surface area (Å²) in [6.07, 6.45) is -4.57. The number of nitrogens with two attached hydrogens (primary N) is 2. The topological polar surface area (TPSA) is 149 Å². The van der Waals surface area contributed by atoms with Crippen LogP contribution in [-0.4, -0.2) is 47.1 Å². The van der Waals surface area contributed by atoms with E-state index in [2.05, 4.69) is 16.0 Å². The molecule has 2 amide bonds. The average molecular weight is 533 g/mol. The molecule has 9 nitrogen and oxygen atoms in total. The molecule has 4 rings (SSSR count). The van der Waals surface area contributed by atoms with Gasteiger partial charge in [0.05, 0.1) is 17.4 Å². The van der Waals surface area contributed by atoms with Gasteiger partial charge in [-0.2, -0.15) is 13.2 Å². The van der Waals surface area contributed by atoms with E-state index in [-0.39, 0.29) is 0 Å². The van der Waals surface area contributed by atoms with E-state index >= 15 is 0 Å². The van der Waals surface area contributed by atoms with Gasteiger partial charge in [0.2, 0.25) is 11.8 Å². The Bertz CT molecular complexity index is 1310. The number of carboxylic acid groups (broad SMARTS) is 1. The van der Waals surface area contributed by atoms with Crippen LogP contribution in [0.5, 0.6) is 5.75 Å². The maximum absolute atomic E-state index is 11.8. The second-order valence-electron chi connectivity index (χ2n) is 8.78. The first-order valence-electron chi connectivity index (χ1n) is 11.6. The van der Waals surface area contributed by atoms with Gasteiger partial charge in [-0.25, -0.2) is 4.79 Å². The zero-order valence-electron chi connectivity index (χ0n) is 20.4. The average Bonchev–Trinajstić information content (AvgIpc) is 2.86. The molecule has 0 radical (unpaired) electrons. The lowest BCUT2D eigenvalue weighted by Crippen LogP contribution is -2.50. The van der Waals surface area contributed by atoms with E-state index in [1.54, 1.807) is 0 Å². The van der Waals surface area contributed by atoms with Crippen molar-refractivity contribution in [1.82, 2.24) is 4.98 Å². The Morgan fingerprint density at radius 3 is 2.24 bits per heavy atom. The van der Waals surface area contributed by atoms with Gasteiger partial charge < -0.3 is 26.2 Å². The molecule has 3 aromatic rings. The van der Waals surface area contributed by atoms with E-state index in [0.717, 1.165) is 33.6 Å². The van der Waals surface area contributed by atoms with Crippen LogP contribution in [0.3, 0.4) is 0 Å². The van der Waals surface area contributed by atoms with Gasteiger partial charge in [-0.15, -0.1) is 0 Å². The van der Waals surface area contributed by atoms with Crippen molar-refractivity contribution in [3.05, 3.63) is 65.9 Å². The highest BCUT2D eigenvalue weighted by Gasteiger charge is 2.38. The van der Waals surface area contributed by atoms with Crippen molar-refractivity contribution in [2.24, 2.45) is 23.3 Å². The van der Waals surface area contributed by atoms with Crippen molar-refractivity contribution in [2.45, 2.75) is 26.1 Å². The number of carbonyl (C=O) groups is 3. The molecule has 0 aliphatic carbocycles. The third kappa shape index (κ3) is 7.11. The molecule has 5 N–H and O–H groups in total. The van der Waals surface area contributed by atoms with Crippen molar-refractivity contribution in [2.75, 3.05) is 18.0 Å². The first-order chi connectivity index (χ1) is 17.9. The number of pyridine rings is 1. The molecular formula is C26H27F3N4O5. The lowest BCUT2D eigenvalue weighted by Gasteiger charge is -2.37.